The number of aliphatic hydroxyl groups excluding tert-OH is 1. The van der Waals surface area contributed by atoms with E-state index in [0.29, 0.717) is 12.8 Å². The second-order valence-corrected chi connectivity index (χ2v) is 4.28. The molecule has 1 saturated heterocycles. The van der Waals surface area contributed by atoms with Crippen LogP contribution >= 0.6 is 0 Å². The van der Waals surface area contributed by atoms with Crippen LogP contribution in [0.3, 0.4) is 0 Å². The first kappa shape index (κ1) is 13.1. The van der Waals surface area contributed by atoms with Gasteiger partial charge in [0.2, 0.25) is 11.6 Å². The Hall–Kier alpha value is -1.37. The van der Waals surface area contributed by atoms with Crippen LogP contribution in [0, 0.1) is 29.4 Å². The van der Waals surface area contributed by atoms with Gasteiger partial charge in [-0.25, -0.2) is 0 Å². The summed E-state index contributed by atoms with van der Waals surface area (Å²) >= 11 is 0. The number of aromatic nitrogens is 1. The van der Waals surface area contributed by atoms with Gasteiger partial charge in [-0.15, -0.1) is 0 Å². The van der Waals surface area contributed by atoms with Gasteiger partial charge in [0, 0.05) is 19.7 Å². The second kappa shape index (κ2) is 5.09. The molecule has 2 rings (SSSR count). The van der Waals surface area contributed by atoms with E-state index < -0.39 is 29.2 Å². The first-order chi connectivity index (χ1) is 8.54. The number of aliphatic hydroxyl groups is 1. The highest BCUT2D eigenvalue weighted by atomic mass is 19.2. The zero-order valence-corrected chi connectivity index (χ0v) is 9.47. The maximum absolute atomic E-state index is 13.5. The molecule has 0 aromatic carbocycles. The van der Waals surface area contributed by atoms with E-state index in [1.165, 1.54) is 4.90 Å². The lowest BCUT2D eigenvalue weighted by Gasteiger charge is -2.33. The number of hydrogen-bond donors (Lipinski definition) is 1. The molecule has 3 nitrogen and oxygen atoms in total. The molecule has 0 bridgehead atoms. The molecule has 1 N–H and O–H groups in total. The van der Waals surface area contributed by atoms with E-state index in [2.05, 4.69) is 4.98 Å². The molecule has 18 heavy (non-hydrogen) atoms. The van der Waals surface area contributed by atoms with Crippen molar-refractivity contribution in [2.24, 2.45) is 5.92 Å². The van der Waals surface area contributed by atoms with E-state index >= 15 is 0 Å². The largest absolute Gasteiger partial charge is 0.396 e. The van der Waals surface area contributed by atoms with Crippen molar-refractivity contribution in [3.63, 3.8) is 0 Å². The number of hydrogen-bond acceptors (Lipinski definition) is 3. The first-order valence-corrected chi connectivity index (χ1v) is 5.60. The van der Waals surface area contributed by atoms with Gasteiger partial charge in [0.15, 0.2) is 0 Å². The topological polar surface area (TPSA) is 36.4 Å². The minimum Gasteiger partial charge on any atom is -0.396 e. The molecule has 2 heterocycles. The Morgan fingerprint density at radius 1 is 1.06 bits per heavy atom. The Labute approximate surface area is 101 Å². The molecule has 0 aliphatic carbocycles. The molecule has 1 aliphatic heterocycles. The van der Waals surface area contributed by atoms with Gasteiger partial charge < -0.3 is 10.0 Å². The normalized spacial score (nSPS) is 17.3. The smallest absolute Gasteiger partial charge is 0.253 e. The zero-order chi connectivity index (χ0) is 13.3. The fraction of sp³-hybridized carbons (Fsp3) is 0.545. The number of halogens is 4. The molecule has 1 aromatic heterocycles. The summed E-state index contributed by atoms with van der Waals surface area (Å²) in [6.45, 7) is 0.474. The number of nitrogens with zero attached hydrogens (tertiary/aromatic N) is 2. The molecule has 100 valence electrons. The van der Waals surface area contributed by atoms with E-state index in [4.69, 9.17) is 5.11 Å². The van der Waals surface area contributed by atoms with Crippen LogP contribution in [0.5, 0.6) is 0 Å². The third-order valence-electron chi connectivity index (χ3n) is 3.16. The summed E-state index contributed by atoms with van der Waals surface area (Å²) in [7, 11) is 0. The van der Waals surface area contributed by atoms with Crippen molar-refractivity contribution in [1.82, 2.24) is 4.98 Å². The minimum atomic E-state index is -1.65. The summed E-state index contributed by atoms with van der Waals surface area (Å²) in [5, 5.41) is 8.95. The van der Waals surface area contributed by atoms with Crippen molar-refractivity contribution in [2.75, 3.05) is 24.6 Å². The van der Waals surface area contributed by atoms with Gasteiger partial charge in [0.1, 0.15) is 5.69 Å². The van der Waals surface area contributed by atoms with E-state index in [1.807, 2.05) is 0 Å². The van der Waals surface area contributed by atoms with Crippen LogP contribution in [0.4, 0.5) is 23.2 Å². The molecule has 0 radical (unpaired) electrons. The number of piperidine rings is 1. The van der Waals surface area contributed by atoms with Crippen LogP contribution in [0.15, 0.2) is 0 Å². The van der Waals surface area contributed by atoms with Gasteiger partial charge in [-0.05, 0) is 18.8 Å². The Bertz CT molecular complexity index is 421. The molecule has 1 aliphatic rings. The van der Waals surface area contributed by atoms with Crippen molar-refractivity contribution in [1.29, 1.82) is 0 Å². The molecular formula is C11H12F4N2O. The van der Waals surface area contributed by atoms with Gasteiger partial charge in [-0.3, -0.25) is 0 Å². The lowest BCUT2D eigenvalue weighted by molar-refractivity contribution is 0.202. The Kier molecular flexibility index (Phi) is 3.70. The minimum absolute atomic E-state index is 0.00211. The SMILES string of the molecule is OCC1CCN(c2c(F)c(F)nc(F)c2F)CC1. The lowest BCUT2D eigenvalue weighted by Crippen LogP contribution is -2.36. The van der Waals surface area contributed by atoms with Gasteiger partial charge in [0.25, 0.3) is 11.9 Å². The molecule has 0 unspecified atom stereocenters. The summed E-state index contributed by atoms with van der Waals surface area (Å²) in [5.74, 6) is -6.18. The van der Waals surface area contributed by atoms with Gasteiger partial charge in [-0.1, -0.05) is 0 Å². The Morgan fingerprint density at radius 2 is 1.56 bits per heavy atom. The van der Waals surface area contributed by atoms with Crippen LogP contribution in [-0.4, -0.2) is 29.8 Å². The van der Waals surface area contributed by atoms with E-state index in [-0.39, 0.29) is 25.6 Å². The van der Waals surface area contributed by atoms with Crippen LogP contribution in [0.2, 0.25) is 0 Å². The molecule has 1 aromatic rings. The highest BCUT2D eigenvalue weighted by Gasteiger charge is 2.28. The van der Waals surface area contributed by atoms with Crippen molar-refractivity contribution in [3.05, 3.63) is 23.5 Å². The predicted molar refractivity (Wildman–Crippen MR) is 56.1 cm³/mol. The van der Waals surface area contributed by atoms with Crippen LogP contribution in [-0.2, 0) is 0 Å². The van der Waals surface area contributed by atoms with Crippen LogP contribution in [0.1, 0.15) is 12.8 Å². The summed E-state index contributed by atoms with van der Waals surface area (Å²) in [6, 6.07) is 0. The quantitative estimate of drug-likeness (QED) is 0.654. The van der Waals surface area contributed by atoms with Crippen LogP contribution in [0.25, 0.3) is 0 Å². The molecule has 1 fully saturated rings. The first-order valence-electron chi connectivity index (χ1n) is 5.60. The van der Waals surface area contributed by atoms with Crippen molar-refractivity contribution >= 4 is 5.69 Å². The summed E-state index contributed by atoms with van der Waals surface area (Å²) in [5.41, 5.74) is -0.712. The van der Waals surface area contributed by atoms with Gasteiger partial charge in [-0.2, -0.15) is 22.5 Å². The van der Waals surface area contributed by atoms with Crippen molar-refractivity contribution in [3.8, 4) is 0 Å². The highest BCUT2D eigenvalue weighted by Crippen LogP contribution is 2.29. The van der Waals surface area contributed by atoms with E-state index in [9.17, 15) is 17.6 Å². The number of rotatable bonds is 2. The third-order valence-corrected chi connectivity index (χ3v) is 3.16. The fourth-order valence-corrected chi connectivity index (χ4v) is 2.09. The number of pyridine rings is 1. The molecule has 0 amide bonds. The maximum Gasteiger partial charge on any atom is 0.253 e. The Balaban J connectivity index is 2.29. The average molecular weight is 264 g/mol. The maximum atomic E-state index is 13.5. The molecule has 0 spiro atoms. The summed E-state index contributed by atoms with van der Waals surface area (Å²) in [6.07, 6.45) is 1.03. The van der Waals surface area contributed by atoms with Crippen molar-refractivity contribution < 1.29 is 22.7 Å². The predicted octanol–water partition coefficient (Wildman–Crippen LogP) is 1.85. The van der Waals surface area contributed by atoms with Crippen molar-refractivity contribution in [2.45, 2.75) is 12.8 Å². The second-order valence-electron chi connectivity index (χ2n) is 4.28. The zero-order valence-electron chi connectivity index (χ0n) is 9.47. The van der Waals surface area contributed by atoms with E-state index in [1.54, 1.807) is 0 Å². The number of anilines is 1. The summed E-state index contributed by atoms with van der Waals surface area (Å²) in [4.78, 5) is 3.75. The Morgan fingerprint density at radius 3 is 2.00 bits per heavy atom. The molecule has 7 heteroatoms. The van der Waals surface area contributed by atoms with Crippen LogP contribution < -0.4 is 4.90 Å². The standard InChI is InChI=1S/C11H12F4N2O/c12-7-9(8(13)11(15)16-10(7)14)17-3-1-6(5-18)2-4-17/h6,18H,1-5H2. The molecular weight excluding hydrogens is 252 g/mol. The monoisotopic (exact) mass is 264 g/mol. The lowest BCUT2D eigenvalue weighted by atomic mass is 9.97. The highest BCUT2D eigenvalue weighted by molar-refractivity contribution is 5.48. The van der Waals surface area contributed by atoms with Gasteiger partial charge >= 0.3 is 0 Å². The van der Waals surface area contributed by atoms with Gasteiger partial charge in [0.05, 0.1) is 0 Å². The van der Waals surface area contributed by atoms with E-state index in [0.717, 1.165) is 0 Å². The summed E-state index contributed by atoms with van der Waals surface area (Å²) < 4.78 is 52.9. The third kappa shape index (κ3) is 2.27. The molecule has 0 saturated carbocycles. The average Bonchev–Trinajstić information content (AvgIpc) is 2.37. The molecule has 0 atom stereocenters. The fourth-order valence-electron chi connectivity index (χ4n) is 2.09.